The summed E-state index contributed by atoms with van der Waals surface area (Å²) < 4.78 is 11.4. The second kappa shape index (κ2) is 7.67. The van der Waals surface area contributed by atoms with Gasteiger partial charge in [0.15, 0.2) is 11.5 Å². The molecule has 0 fully saturated rings. The van der Waals surface area contributed by atoms with Gasteiger partial charge >= 0.3 is 5.97 Å². The Labute approximate surface area is 167 Å². The highest BCUT2D eigenvalue weighted by atomic mass is 16.5. The number of fused-ring (bicyclic) bond motifs is 1. The maximum absolute atomic E-state index is 11.2. The number of hydrogen-bond acceptors (Lipinski definition) is 4. The largest absolute Gasteiger partial charge is 0.493 e. The minimum absolute atomic E-state index is 0.213. The van der Waals surface area contributed by atoms with Crippen molar-refractivity contribution in [3.63, 3.8) is 0 Å². The summed E-state index contributed by atoms with van der Waals surface area (Å²) in [4.78, 5) is 18.9. The minimum Gasteiger partial charge on any atom is -0.493 e. The van der Waals surface area contributed by atoms with E-state index in [1.807, 2.05) is 37.3 Å². The lowest BCUT2D eigenvalue weighted by Crippen LogP contribution is -1.98. The van der Waals surface area contributed by atoms with Crippen molar-refractivity contribution in [3.8, 4) is 22.9 Å². The van der Waals surface area contributed by atoms with Crippen LogP contribution in [0.2, 0.25) is 0 Å². The van der Waals surface area contributed by atoms with Crippen LogP contribution < -0.4 is 9.47 Å². The fourth-order valence-corrected chi connectivity index (χ4v) is 3.06. The number of nitrogens with one attached hydrogen (secondary N) is 1. The number of methoxy groups -OCH3 is 1. The van der Waals surface area contributed by atoms with Gasteiger partial charge in [-0.15, -0.1) is 0 Å². The Morgan fingerprint density at radius 2 is 1.83 bits per heavy atom. The first-order valence-corrected chi connectivity index (χ1v) is 9.13. The summed E-state index contributed by atoms with van der Waals surface area (Å²) in [5.74, 6) is 0.896. The third-order valence-corrected chi connectivity index (χ3v) is 4.68. The van der Waals surface area contributed by atoms with Gasteiger partial charge in [-0.25, -0.2) is 9.78 Å². The molecule has 3 aromatic carbocycles. The SMILES string of the molecule is COc1cc(-c2nc3ccc(C(=O)O)cc3[nH]2)ccc1OCc1ccc(C)cc1. The molecule has 146 valence electrons. The molecule has 6 heteroatoms. The molecule has 0 bridgehead atoms. The first-order chi connectivity index (χ1) is 14.0. The zero-order chi connectivity index (χ0) is 20.4. The molecule has 0 spiro atoms. The van der Waals surface area contributed by atoms with Crippen molar-refractivity contribution in [1.29, 1.82) is 0 Å². The predicted molar refractivity (Wildman–Crippen MR) is 111 cm³/mol. The van der Waals surface area contributed by atoms with Gasteiger partial charge in [0.1, 0.15) is 12.4 Å². The second-order valence-electron chi connectivity index (χ2n) is 6.76. The molecule has 0 aliphatic rings. The molecular weight excluding hydrogens is 368 g/mol. The van der Waals surface area contributed by atoms with Crippen molar-refractivity contribution in [1.82, 2.24) is 9.97 Å². The van der Waals surface area contributed by atoms with E-state index in [9.17, 15) is 4.79 Å². The van der Waals surface area contributed by atoms with E-state index in [1.54, 1.807) is 19.2 Å². The molecule has 0 saturated carbocycles. The molecule has 0 aliphatic heterocycles. The Morgan fingerprint density at radius 1 is 1.03 bits per heavy atom. The van der Waals surface area contributed by atoms with Gasteiger partial charge in [-0.05, 0) is 48.9 Å². The fourth-order valence-electron chi connectivity index (χ4n) is 3.06. The number of hydrogen-bond donors (Lipinski definition) is 2. The van der Waals surface area contributed by atoms with Crippen molar-refractivity contribution >= 4 is 17.0 Å². The molecule has 0 saturated heterocycles. The van der Waals surface area contributed by atoms with Crippen LogP contribution in [0.1, 0.15) is 21.5 Å². The molecule has 0 amide bonds. The van der Waals surface area contributed by atoms with Crippen LogP contribution in [0.5, 0.6) is 11.5 Å². The highest BCUT2D eigenvalue weighted by Gasteiger charge is 2.12. The molecule has 6 nitrogen and oxygen atoms in total. The van der Waals surface area contributed by atoms with Gasteiger partial charge in [0.2, 0.25) is 0 Å². The van der Waals surface area contributed by atoms with Gasteiger partial charge in [-0.1, -0.05) is 29.8 Å². The number of carboxylic acids is 1. The Kier molecular flexibility index (Phi) is 4.91. The maximum Gasteiger partial charge on any atom is 0.335 e. The Bertz CT molecular complexity index is 1180. The quantitative estimate of drug-likeness (QED) is 0.494. The van der Waals surface area contributed by atoms with Gasteiger partial charge in [-0.2, -0.15) is 0 Å². The van der Waals surface area contributed by atoms with E-state index in [0.29, 0.717) is 35.0 Å². The number of aryl methyl sites for hydroxylation is 1. The number of aromatic nitrogens is 2. The van der Waals surface area contributed by atoms with E-state index in [0.717, 1.165) is 11.1 Å². The maximum atomic E-state index is 11.2. The van der Waals surface area contributed by atoms with Crippen molar-refractivity contribution in [2.45, 2.75) is 13.5 Å². The van der Waals surface area contributed by atoms with E-state index < -0.39 is 5.97 Å². The van der Waals surface area contributed by atoms with E-state index >= 15 is 0 Å². The van der Waals surface area contributed by atoms with Crippen molar-refractivity contribution in [2.24, 2.45) is 0 Å². The zero-order valence-electron chi connectivity index (χ0n) is 16.1. The van der Waals surface area contributed by atoms with Crippen LogP contribution in [0.4, 0.5) is 0 Å². The zero-order valence-corrected chi connectivity index (χ0v) is 16.1. The van der Waals surface area contributed by atoms with Crippen LogP contribution >= 0.6 is 0 Å². The minimum atomic E-state index is -0.972. The molecule has 4 aromatic rings. The van der Waals surface area contributed by atoms with Crippen LogP contribution in [0.25, 0.3) is 22.4 Å². The number of ether oxygens (including phenoxy) is 2. The third kappa shape index (κ3) is 3.91. The second-order valence-corrected chi connectivity index (χ2v) is 6.76. The number of carbonyl (C=O) groups is 1. The van der Waals surface area contributed by atoms with Gasteiger partial charge in [0, 0.05) is 5.56 Å². The molecule has 29 heavy (non-hydrogen) atoms. The highest BCUT2D eigenvalue weighted by Crippen LogP contribution is 2.33. The molecule has 1 heterocycles. The van der Waals surface area contributed by atoms with Crippen LogP contribution in [0, 0.1) is 6.92 Å². The normalized spacial score (nSPS) is 10.8. The van der Waals surface area contributed by atoms with Gasteiger partial charge in [-0.3, -0.25) is 0 Å². The summed E-state index contributed by atoms with van der Waals surface area (Å²) in [6.07, 6.45) is 0. The average Bonchev–Trinajstić information content (AvgIpc) is 3.16. The van der Waals surface area contributed by atoms with Gasteiger partial charge in [0.25, 0.3) is 0 Å². The summed E-state index contributed by atoms with van der Waals surface area (Å²) in [7, 11) is 1.59. The van der Waals surface area contributed by atoms with Gasteiger partial charge < -0.3 is 19.6 Å². The number of carboxylic acid groups (broad SMARTS) is 1. The summed E-state index contributed by atoms with van der Waals surface area (Å²) in [5, 5.41) is 9.15. The fraction of sp³-hybridized carbons (Fsp3) is 0.130. The van der Waals surface area contributed by atoms with Crippen LogP contribution in [-0.2, 0) is 6.61 Å². The lowest BCUT2D eigenvalue weighted by molar-refractivity contribution is 0.0697. The molecule has 1 aromatic heterocycles. The molecule has 0 radical (unpaired) electrons. The summed E-state index contributed by atoms with van der Waals surface area (Å²) >= 11 is 0. The monoisotopic (exact) mass is 388 g/mol. The topological polar surface area (TPSA) is 84.4 Å². The Balaban J connectivity index is 1.59. The summed E-state index contributed by atoms with van der Waals surface area (Å²) in [6, 6.07) is 18.6. The van der Waals surface area contributed by atoms with E-state index in [2.05, 4.69) is 22.1 Å². The lowest BCUT2D eigenvalue weighted by Gasteiger charge is -2.12. The number of aromatic carboxylic acids is 1. The van der Waals surface area contributed by atoms with Crippen molar-refractivity contribution in [2.75, 3.05) is 7.11 Å². The number of imidazole rings is 1. The number of benzene rings is 3. The molecular formula is C23H20N2O4. The van der Waals surface area contributed by atoms with E-state index in [4.69, 9.17) is 14.6 Å². The number of rotatable bonds is 6. The summed E-state index contributed by atoms with van der Waals surface area (Å²) in [6.45, 7) is 2.49. The van der Waals surface area contributed by atoms with E-state index in [1.165, 1.54) is 11.6 Å². The van der Waals surface area contributed by atoms with Crippen LogP contribution in [0.3, 0.4) is 0 Å². The average molecular weight is 388 g/mol. The highest BCUT2D eigenvalue weighted by molar-refractivity contribution is 5.93. The van der Waals surface area contributed by atoms with Crippen LogP contribution in [-0.4, -0.2) is 28.2 Å². The van der Waals surface area contributed by atoms with Gasteiger partial charge in [0.05, 0.1) is 23.7 Å². The van der Waals surface area contributed by atoms with Crippen LogP contribution in [0.15, 0.2) is 60.7 Å². The molecule has 0 unspecified atom stereocenters. The standard InChI is InChI=1S/C23H20N2O4/c1-14-3-5-15(6-4-14)13-29-20-10-8-16(12-21(20)28-2)22-24-18-9-7-17(23(26)27)11-19(18)25-22/h3-12H,13H2,1-2H3,(H,24,25)(H,26,27). The van der Waals surface area contributed by atoms with E-state index in [-0.39, 0.29) is 5.56 Å². The molecule has 2 N–H and O–H groups in total. The Morgan fingerprint density at radius 3 is 2.55 bits per heavy atom. The number of nitrogens with zero attached hydrogens (tertiary/aromatic N) is 1. The van der Waals surface area contributed by atoms with Crippen molar-refractivity contribution in [3.05, 3.63) is 77.4 Å². The third-order valence-electron chi connectivity index (χ3n) is 4.68. The number of aromatic amines is 1. The Hall–Kier alpha value is -3.80. The first kappa shape index (κ1) is 18.6. The van der Waals surface area contributed by atoms with Crippen molar-refractivity contribution < 1.29 is 19.4 Å². The molecule has 4 rings (SSSR count). The predicted octanol–water partition coefficient (Wildman–Crippen LogP) is 4.82. The lowest BCUT2D eigenvalue weighted by atomic mass is 10.1. The smallest absolute Gasteiger partial charge is 0.335 e. The molecule has 0 aliphatic carbocycles. The summed E-state index contributed by atoms with van der Waals surface area (Å²) in [5.41, 5.74) is 4.68. The first-order valence-electron chi connectivity index (χ1n) is 9.13. The molecule has 0 atom stereocenters. The number of H-pyrrole nitrogens is 1.